The van der Waals surface area contributed by atoms with E-state index < -0.39 is 0 Å². The Bertz CT molecular complexity index is 2560. The van der Waals surface area contributed by atoms with Crippen molar-refractivity contribution in [2.45, 2.75) is 6.92 Å². The molecule has 0 bridgehead atoms. The van der Waals surface area contributed by atoms with Crippen LogP contribution in [0.4, 0.5) is 17.1 Å². The van der Waals surface area contributed by atoms with Crippen LogP contribution in [0.15, 0.2) is 146 Å². The van der Waals surface area contributed by atoms with Crippen LogP contribution < -0.4 is 4.90 Å². The highest BCUT2D eigenvalue weighted by molar-refractivity contribution is 6.10. The van der Waals surface area contributed by atoms with E-state index in [2.05, 4.69) is 138 Å². The molecule has 3 heteroatoms. The normalized spacial score (nSPS) is 11.3. The molecule has 0 amide bonds. The van der Waals surface area contributed by atoms with Crippen LogP contribution >= 0.6 is 0 Å². The number of aryl methyl sites for hydroxylation is 1. The quantitative estimate of drug-likeness (QED) is 0.144. The Hall–Kier alpha value is -6.68. The Morgan fingerprint density at radius 3 is 1.56 bits per heavy atom. The van der Waals surface area contributed by atoms with E-state index in [4.69, 9.17) is 0 Å². The van der Waals surface area contributed by atoms with Gasteiger partial charge in [0.25, 0.3) is 0 Å². The summed E-state index contributed by atoms with van der Waals surface area (Å²) >= 11 is 0. The van der Waals surface area contributed by atoms with Gasteiger partial charge < -0.3 is 4.90 Å². The molecule has 0 saturated heterocycles. The lowest BCUT2D eigenvalue weighted by Gasteiger charge is -2.28. The maximum Gasteiger partial charge on any atom is 0.100 e. The average Bonchev–Trinajstić information content (AvgIpc) is 3.13. The molecule has 8 aromatic rings. The predicted molar refractivity (Wildman–Crippen MR) is 201 cm³/mol. The van der Waals surface area contributed by atoms with Gasteiger partial charge in [0.2, 0.25) is 0 Å². The van der Waals surface area contributed by atoms with Gasteiger partial charge in [0, 0.05) is 38.0 Å². The number of rotatable bonds is 5. The fourth-order valence-electron chi connectivity index (χ4n) is 6.85. The second kappa shape index (κ2) is 11.9. The molecule has 0 saturated carbocycles. The van der Waals surface area contributed by atoms with Crippen LogP contribution in [0.2, 0.25) is 0 Å². The number of anilines is 3. The Labute approximate surface area is 279 Å². The number of nitriles is 2. The van der Waals surface area contributed by atoms with Gasteiger partial charge in [0.1, 0.15) is 12.1 Å². The zero-order chi connectivity index (χ0) is 32.6. The SMILES string of the molecule is Cc1ccc2c(C#N)c3cc(C=Cc4ccc(N(c5cccc6ccccc56)c5cccc6ccccc56)cc4)ccc3c(C#N)c2c1. The summed E-state index contributed by atoms with van der Waals surface area (Å²) in [5, 5.41) is 28.2. The number of hydrogen-bond acceptors (Lipinski definition) is 3. The number of hydrogen-bond donors (Lipinski definition) is 0. The molecule has 0 atom stereocenters. The Kier molecular flexibility index (Phi) is 7.14. The first kappa shape index (κ1) is 28.8. The lowest BCUT2D eigenvalue weighted by atomic mass is 9.91. The van der Waals surface area contributed by atoms with Gasteiger partial charge in [-0.2, -0.15) is 10.5 Å². The highest BCUT2D eigenvalue weighted by atomic mass is 15.1. The molecule has 3 nitrogen and oxygen atoms in total. The summed E-state index contributed by atoms with van der Waals surface area (Å²) in [4.78, 5) is 2.35. The fourth-order valence-corrected chi connectivity index (χ4v) is 6.85. The van der Waals surface area contributed by atoms with Crippen LogP contribution in [0, 0.1) is 29.6 Å². The van der Waals surface area contributed by atoms with Gasteiger partial charge in [-0.25, -0.2) is 0 Å². The maximum absolute atomic E-state index is 10.2. The fraction of sp³-hybridized carbons (Fsp3) is 0.0222. The van der Waals surface area contributed by atoms with Crippen molar-refractivity contribution in [3.63, 3.8) is 0 Å². The smallest absolute Gasteiger partial charge is 0.100 e. The molecule has 0 aromatic heterocycles. The molecule has 48 heavy (non-hydrogen) atoms. The summed E-state index contributed by atoms with van der Waals surface area (Å²) in [6.07, 6.45) is 4.15. The van der Waals surface area contributed by atoms with E-state index in [-0.39, 0.29) is 0 Å². The molecule has 8 rings (SSSR count). The Morgan fingerprint density at radius 1 is 0.458 bits per heavy atom. The third-order valence-electron chi connectivity index (χ3n) is 9.15. The van der Waals surface area contributed by atoms with E-state index in [1.165, 1.54) is 21.5 Å². The van der Waals surface area contributed by atoms with Crippen LogP contribution in [0.3, 0.4) is 0 Å². The molecule has 0 N–H and O–H groups in total. The molecule has 0 spiro atoms. The van der Waals surface area contributed by atoms with Crippen LogP contribution in [0.25, 0.3) is 55.2 Å². The molecule has 0 aliphatic carbocycles. The van der Waals surface area contributed by atoms with Gasteiger partial charge in [-0.15, -0.1) is 0 Å². The monoisotopic (exact) mass is 611 g/mol. The third-order valence-corrected chi connectivity index (χ3v) is 9.15. The molecular weight excluding hydrogens is 583 g/mol. The predicted octanol–water partition coefficient (Wildman–Crippen LogP) is 12.0. The van der Waals surface area contributed by atoms with Gasteiger partial charge in [-0.1, -0.05) is 133 Å². The summed E-state index contributed by atoms with van der Waals surface area (Å²) in [6, 6.07) is 55.3. The highest BCUT2D eigenvalue weighted by Gasteiger charge is 2.18. The minimum absolute atomic E-state index is 0.598. The molecule has 0 unspecified atom stereocenters. The van der Waals surface area contributed by atoms with Crippen LogP contribution in [-0.4, -0.2) is 0 Å². The average molecular weight is 612 g/mol. The number of fused-ring (bicyclic) bond motifs is 4. The summed E-state index contributed by atoms with van der Waals surface area (Å²) in [5.74, 6) is 0. The van der Waals surface area contributed by atoms with Crippen LogP contribution in [-0.2, 0) is 0 Å². The molecule has 0 fully saturated rings. The molecule has 8 aromatic carbocycles. The molecule has 0 aliphatic rings. The van der Waals surface area contributed by atoms with Crippen molar-refractivity contribution in [3.8, 4) is 12.1 Å². The van der Waals surface area contributed by atoms with Gasteiger partial charge in [-0.3, -0.25) is 0 Å². The van der Waals surface area contributed by atoms with Crippen molar-refractivity contribution >= 4 is 72.3 Å². The zero-order valence-electron chi connectivity index (χ0n) is 26.4. The molecule has 0 aliphatic heterocycles. The number of benzene rings is 8. The Balaban J connectivity index is 1.20. The van der Waals surface area contributed by atoms with Crippen molar-refractivity contribution in [1.82, 2.24) is 0 Å². The van der Waals surface area contributed by atoms with E-state index in [0.29, 0.717) is 11.1 Å². The van der Waals surface area contributed by atoms with Crippen molar-refractivity contribution in [2.75, 3.05) is 4.90 Å². The van der Waals surface area contributed by atoms with Crippen LogP contribution in [0.5, 0.6) is 0 Å². The van der Waals surface area contributed by atoms with E-state index >= 15 is 0 Å². The lowest BCUT2D eigenvalue weighted by Crippen LogP contribution is -2.11. The third kappa shape index (κ3) is 4.92. The van der Waals surface area contributed by atoms with Crippen molar-refractivity contribution in [2.24, 2.45) is 0 Å². The van der Waals surface area contributed by atoms with Gasteiger partial charge in [-0.05, 0) is 59.2 Å². The summed E-state index contributed by atoms with van der Waals surface area (Å²) < 4.78 is 0. The Morgan fingerprint density at radius 2 is 0.958 bits per heavy atom. The molecular formula is C45H29N3. The molecule has 0 heterocycles. The maximum atomic E-state index is 10.2. The van der Waals surface area contributed by atoms with E-state index in [1.807, 2.05) is 43.3 Å². The first-order chi connectivity index (χ1) is 23.6. The second-order valence-electron chi connectivity index (χ2n) is 12.1. The van der Waals surface area contributed by atoms with E-state index in [9.17, 15) is 10.5 Å². The first-order valence-electron chi connectivity index (χ1n) is 16.0. The van der Waals surface area contributed by atoms with Crippen molar-refractivity contribution < 1.29 is 0 Å². The van der Waals surface area contributed by atoms with Crippen molar-refractivity contribution in [3.05, 3.63) is 173 Å². The standard InChI is InChI=1S/C45H29N3/c1-30-16-24-38-40(26-30)42(28-46)39-25-21-32(27-41(39)43(38)29-47)18-17-31-19-22-35(23-20-31)48(44-14-6-10-33-8-2-4-12-36(33)44)45-15-7-11-34-9-3-5-13-37(34)45/h2-27H,1H3. The van der Waals surface area contributed by atoms with E-state index in [0.717, 1.165) is 55.3 Å². The highest BCUT2D eigenvalue weighted by Crippen LogP contribution is 2.42. The second-order valence-corrected chi connectivity index (χ2v) is 12.1. The van der Waals surface area contributed by atoms with E-state index in [1.54, 1.807) is 0 Å². The lowest BCUT2D eigenvalue weighted by molar-refractivity contribution is 1.31. The minimum atomic E-state index is 0.598. The zero-order valence-corrected chi connectivity index (χ0v) is 26.4. The van der Waals surface area contributed by atoms with Crippen LogP contribution in [0.1, 0.15) is 27.8 Å². The van der Waals surface area contributed by atoms with Gasteiger partial charge in [0.05, 0.1) is 22.5 Å². The number of nitrogens with zero attached hydrogens (tertiary/aromatic N) is 3. The van der Waals surface area contributed by atoms with Crippen molar-refractivity contribution in [1.29, 1.82) is 10.5 Å². The largest absolute Gasteiger partial charge is 0.309 e. The minimum Gasteiger partial charge on any atom is -0.309 e. The van der Waals surface area contributed by atoms with Gasteiger partial charge in [0.15, 0.2) is 0 Å². The summed E-state index contributed by atoms with van der Waals surface area (Å²) in [6.45, 7) is 2.00. The first-order valence-corrected chi connectivity index (χ1v) is 16.0. The van der Waals surface area contributed by atoms with Gasteiger partial charge >= 0.3 is 0 Å². The topological polar surface area (TPSA) is 50.8 Å². The molecule has 0 radical (unpaired) electrons. The summed E-state index contributed by atoms with van der Waals surface area (Å²) in [7, 11) is 0. The summed E-state index contributed by atoms with van der Waals surface area (Å²) in [5.41, 5.74) is 7.60. The molecule has 224 valence electrons.